The second-order valence-corrected chi connectivity index (χ2v) is 6.57. The quantitative estimate of drug-likeness (QED) is 0.716. The number of carbonyl (C=O) groups excluding carboxylic acids is 3. The minimum Gasteiger partial charge on any atom is -0.459 e. The van der Waals surface area contributed by atoms with E-state index in [2.05, 4.69) is 5.32 Å². The molecule has 0 aliphatic heterocycles. The standard InChI is InChI=1S/C19H17Cl2NO5/c1-11(2)27-18(24)12-6-8-13(9-7-12)22-16(23)10-26-19(25)17-14(20)4-3-5-15(17)21/h3-9,11H,10H2,1-2H3,(H,22,23). The van der Waals surface area contributed by atoms with Gasteiger partial charge in [-0.3, -0.25) is 4.79 Å². The van der Waals surface area contributed by atoms with E-state index < -0.39 is 24.5 Å². The highest BCUT2D eigenvalue weighted by atomic mass is 35.5. The van der Waals surface area contributed by atoms with Crippen LogP contribution in [-0.4, -0.2) is 30.6 Å². The maximum Gasteiger partial charge on any atom is 0.341 e. The molecule has 0 saturated heterocycles. The minimum absolute atomic E-state index is 0.00153. The zero-order chi connectivity index (χ0) is 20.0. The molecule has 0 spiro atoms. The second-order valence-electron chi connectivity index (χ2n) is 5.75. The van der Waals surface area contributed by atoms with Gasteiger partial charge in [-0.15, -0.1) is 0 Å². The Balaban J connectivity index is 1.90. The minimum atomic E-state index is -0.799. The molecule has 2 aromatic rings. The van der Waals surface area contributed by atoms with Crippen molar-refractivity contribution in [3.63, 3.8) is 0 Å². The number of ether oxygens (including phenoxy) is 2. The van der Waals surface area contributed by atoms with Crippen molar-refractivity contribution in [2.24, 2.45) is 0 Å². The number of hydrogen-bond donors (Lipinski definition) is 1. The van der Waals surface area contributed by atoms with Crippen molar-refractivity contribution >= 4 is 46.7 Å². The van der Waals surface area contributed by atoms with Crippen LogP contribution in [0.2, 0.25) is 10.0 Å². The summed E-state index contributed by atoms with van der Waals surface area (Å²) in [6.07, 6.45) is -0.224. The van der Waals surface area contributed by atoms with Gasteiger partial charge in [0.1, 0.15) is 0 Å². The molecule has 8 heteroatoms. The molecule has 0 fully saturated rings. The van der Waals surface area contributed by atoms with Gasteiger partial charge in [0.2, 0.25) is 0 Å². The van der Waals surface area contributed by atoms with Crippen LogP contribution in [-0.2, 0) is 14.3 Å². The first-order valence-electron chi connectivity index (χ1n) is 8.00. The SMILES string of the molecule is CC(C)OC(=O)c1ccc(NC(=O)COC(=O)c2c(Cl)cccc2Cl)cc1. The van der Waals surface area contributed by atoms with E-state index in [4.69, 9.17) is 32.7 Å². The third-order valence-electron chi connectivity index (χ3n) is 3.25. The molecule has 0 unspecified atom stereocenters. The van der Waals surface area contributed by atoms with Crippen LogP contribution in [0, 0.1) is 0 Å². The number of carbonyl (C=O) groups is 3. The molecule has 2 aromatic carbocycles. The lowest BCUT2D eigenvalue weighted by Gasteiger charge is -2.10. The van der Waals surface area contributed by atoms with Crippen LogP contribution in [0.5, 0.6) is 0 Å². The van der Waals surface area contributed by atoms with E-state index in [-0.39, 0.29) is 21.7 Å². The number of halogens is 2. The number of nitrogens with one attached hydrogen (secondary N) is 1. The topological polar surface area (TPSA) is 81.7 Å². The molecule has 6 nitrogen and oxygen atoms in total. The Labute approximate surface area is 166 Å². The van der Waals surface area contributed by atoms with Gasteiger partial charge in [-0.25, -0.2) is 9.59 Å². The molecule has 1 N–H and O–H groups in total. The monoisotopic (exact) mass is 409 g/mol. The summed E-state index contributed by atoms with van der Waals surface area (Å²) < 4.78 is 10.0. The molecule has 0 bridgehead atoms. The predicted molar refractivity (Wildman–Crippen MR) is 102 cm³/mol. The number of amides is 1. The predicted octanol–water partition coefficient (Wildman–Crippen LogP) is 4.35. The van der Waals surface area contributed by atoms with Crippen molar-refractivity contribution < 1.29 is 23.9 Å². The molecule has 2 rings (SSSR count). The van der Waals surface area contributed by atoms with Crippen LogP contribution >= 0.6 is 23.2 Å². The summed E-state index contributed by atoms with van der Waals surface area (Å²) in [5.74, 6) is -1.80. The third kappa shape index (κ3) is 5.98. The van der Waals surface area contributed by atoms with Crippen LogP contribution in [0.3, 0.4) is 0 Å². The number of hydrogen-bond acceptors (Lipinski definition) is 5. The van der Waals surface area contributed by atoms with Crippen molar-refractivity contribution in [2.75, 3.05) is 11.9 Å². The third-order valence-corrected chi connectivity index (χ3v) is 3.88. The van der Waals surface area contributed by atoms with Crippen LogP contribution in [0.15, 0.2) is 42.5 Å². The normalized spacial score (nSPS) is 10.4. The molecular weight excluding hydrogens is 393 g/mol. The Morgan fingerprint density at radius 3 is 2.11 bits per heavy atom. The fraction of sp³-hybridized carbons (Fsp3) is 0.211. The van der Waals surface area contributed by atoms with E-state index in [9.17, 15) is 14.4 Å². The summed E-state index contributed by atoms with van der Waals surface area (Å²) >= 11 is 11.8. The molecule has 0 aliphatic rings. The molecule has 142 valence electrons. The van der Waals surface area contributed by atoms with E-state index in [1.807, 2.05) is 0 Å². The van der Waals surface area contributed by atoms with Gasteiger partial charge in [0.25, 0.3) is 5.91 Å². The summed E-state index contributed by atoms with van der Waals surface area (Å²) in [5.41, 5.74) is 0.802. The first-order valence-corrected chi connectivity index (χ1v) is 8.75. The van der Waals surface area contributed by atoms with Crippen molar-refractivity contribution in [3.8, 4) is 0 Å². The summed E-state index contributed by atoms with van der Waals surface area (Å²) in [5, 5.41) is 2.82. The number of esters is 2. The summed E-state index contributed by atoms with van der Waals surface area (Å²) in [4.78, 5) is 35.7. The Morgan fingerprint density at radius 2 is 1.56 bits per heavy atom. The largest absolute Gasteiger partial charge is 0.459 e. The van der Waals surface area contributed by atoms with E-state index in [0.717, 1.165) is 0 Å². The maximum absolute atomic E-state index is 12.0. The molecule has 0 atom stereocenters. The van der Waals surface area contributed by atoms with Crippen molar-refractivity contribution in [1.29, 1.82) is 0 Å². The maximum atomic E-state index is 12.0. The van der Waals surface area contributed by atoms with Gasteiger partial charge in [-0.1, -0.05) is 29.3 Å². The number of benzene rings is 2. The Morgan fingerprint density at radius 1 is 0.963 bits per heavy atom. The van der Waals surface area contributed by atoms with Crippen LogP contribution in [0.1, 0.15) is 34.6 Å². The first kappa shape index (κ1) is 20.7. The lowest BCUT2D eigenvalue weighted by molar-refractivity contribution is -0.119. The Bertz CT molecular complexity index is 829. The fourth-order valence-electron chi connectivity index (χ4n) is 2.06. The summed E-state index contributed by atoms with van der Waals surface area (Å²) in [7, 11) is 0. The van der Waals surface area contributed by atoms with Gasteiger partial charge >= 0.3 is 11.9 Å². The van der Waals surface area contributed by atoms with Crippen LogP contribution < -0.4 is 5.32 Å². The second kappa shape index (κ2) is 9.39. The summed E-state index contributed by atoms with van der Waals surface area (Å²) in [6.45, 7) is 2.99. The summed E-state index contributed by atoms with van der Waals surface area (Å²) in [6, 6.07) is 10.7. The molecular formula is C19H17Cl2NO5. The average Bonchev–Trinajstić information content (AvgIpc) is 2.60. The van der Waals surface area contributed by atoms with E-state index in [1.54, 1.807) is 32.0 Å². The smallest absolute Gasteiger partial charge is 0.341 e. The molecule has 1 amide bonds. The van der Waals surface area contributed by atoms with Gasteiger partial charge in [0, 0.05) is 5.69 Å². The van der Waals surface area contributed by atoms with Gasteiger partial charge in [-0.05, 0) is 50.2 Å². The van der Waals surface area contributed by atoms with E-state index in [1.165, 1.54) is 24.3 Å². The Hall–Kier alpha value is -2.57. The van der Waals surface area contributed by atoms with Crippen molar-refractivity contribution in [2.45, 2.75) is 20.0 Å². The molecule has 27 heavy (non-hydrogen) atoms. The van der Waals surface area contributed by atoms with Gasteiger partial charge in [0.15, 0.2) is 6.61 Å². The van der Waals surface area contributed by atoms with Crippen molar-refractivity contribution in [1.82, 2.24) is 0 Å². The Kier molecular flexibility index (Phi) is 7.21. The van der Waals surface area contributed by atoms with Crippen molar-refractivity contribution in [3.05, 3.63) is 63.6 Å². The van der Waals surface area contributed by atoms with Gasteiger partial charge in [0.05, 0.1) is 27.3 Å². The average molecular weight is 410 g/mol. The highest BCUT2D eigenvalue weighted by Crippen LogP contribution is 2.24. The lowest BCUT2D eigenvalue weighted by Crippen LogP contribution is -2.21. The van der Waals surface area contributed by atoms with Gasteiger partial charge in [-0.2, -0.15) is 0 Å². The number of anilines is 1. The number of rotatable bonds is 6. The molecule has 0 radical (unpaired) electrons. The molecule has 0 saturated carbocycles. The highest BCUT2D eigenvalue weighted by Gasteiger charge is 2.17. The van der Waals surface area contributed by atoms with Crippen LogP contribution in [0.4, 0.5) is 5.69 Å². The van der Waals surface area contributed by atoms with Gasteiger partial charge < -0.3 is 14.8 Å². The molecule has 0 aromatic heterocycles. The first-order chi connectivity index (χ1) is 12.8. The molecule has 0 aliphatic carbocycles. The van der Waals surface area contributed by atoms with Crippen LogP contribution in [0.25, 0.3) is 0 Å². The lowest BCUT2D eigenvalue weighted by atomic mass is 10.2. The highest BCUT2D eigenvalue weighted by molar-refractivity contribution is 6.39. The zero-order valence-electron chi connectivity index (χ0n) is 14.6. The fourth-order valence-corrected chi connectivity index (χ4v) is 2.62. The van der Waals surface area contributed by atoms with E-state index in [0.29, 0.717) is 11.3 Å². The molecule has 0 heterocycles. The van der Waals surface area contributed by atoms with E-state index >= 15 is 0 Å². The zero-order valence-corrected chi connectivity index (χ0v) is 16.1.